The van der Waals surface area contributed by atoms with E-state index in [1.165, 1.54) is 38.6 Å². The molecule has 0 aliphatic carbocycles. The Labute approximate surface area is 168 Å². The van der Waals surface area contributed by atoms with Gasteiger partial charge in [0, 0.05) is 12.6 Å². The Morgan fingerprint density at radius 3 is 2.59 bits per heavy atom. The van der Waals surface area contributed by atoms with E-state index in [-0.39, 0.29) is 16.2 Å². The number of carboxylic acids is 1. The number of benzene rings is 2. The van der Waals surface area contributed by atoms with Crippen molar-refractivity contribution in [3.63, 3.8) is 0 Å². The number of methoxy groups -OCH3 is 1. The molecular formula is C19H21N3O6S. The average Bonchev–Trinajstić information content (AvgIpc) is 2.68. The molecule has 1 amide bonds. The highest BCUT2D eigenvalue weighted by Crippen LogP contribution is 2.27. The fourth-order valence-electron chi connectivity index (χ4n) is 2.45. The number of likely N-dealkylation sites (N-methyl/N-ethyl adjacent to an activating group) is 1. The van der Waals surface area contributed by atoms with E-state index in [9.17, 15) is 18.0 Å². The van der Waals surface area contributed by atoms with Crippen LogP contribution in [-0.4, -0.2) is 56.6 Å². The van der Waals surface area contributed by atoms with Crippen LogP contribution in [0.4, 0.5) is 0 Å². The van der Waals surface area contributed by atoms with Gasteiger partial charge in [0.1, 0.15) is 10.6 Å². The number of ether oxygens (including phenoxy) is 1. The van der Waals surface area contributed by atoms with Gasteiger partial charge in [-0.2, -0.15) is 9.41 Å². The number of carboxylic acid groups (broad SMARTS) is 1. The topological polar surface area (TPSA) is 125 Å². The summed E-state index contributed by atoms with van der Waals surface area (Å²) in [5.74, 6) is -1.64. The number of aryl methyl sites for hydroxylation is 1. The van der Waals surface area contributed by atoms with Gasteiger partial charge in [0.15, 0.2) is 0 Å². The van der Waals surface area contributed by atoms with E-state index in [0.717, 1.165) is 9.87 Å². The maximum Gasteiger partial charge on any atom is 0.336 e. The second-order valence-electron chi connectivity index (χ2n) is 6.10. The summed E-state index contributed by atoms with van der Waals surface area (Å²) < 4.78 is 31.5. The summed E-state index contributed by atoms with van der Waals surface area (Å²) in [7, 11) is -1.35. The van der Waals surface area contributed by atoms with E-state index in [1.807, 2.05) is 0 Å². The molecular weight excluding hydrogens is 398 g/mol. The highest BCUT2D eigenvalue weighted by molar-refractivity contribution is 7.89. The predicted octanol–water partition coefficient (Wildman–Crippen LogP) is 1.47. The first-order chi connectivity index (χ1) is 13.7. The van der Waals surface area contributed by atoms with E-state index in [1.54, 1.807) is 31.2 Å². The highest BCUT2D eigenvalue weighted by atomic mass is 32.2. The Balaban J connectivity index is 2.09. The number of carbonyl (C=O) groups excluding carboxylic acids is 1. The van der Waals surface area contributed by atoms with Crippen molar-refractivity contribution in [2.24, 2.45) is 5.10 Å². The van der Waals surface area contributed by atoms with Gasteiger partial charge >= 0.3 is 5.97 Å². The zero-order valence-electron chi connectivity index (χ0n) is 16.1. The number of rotatable bonds is 8. The van der Waals surface area contributed by atoms with E-state index in [0.29, 0.717) is 5.56 Å². The minimum absolute atomic E-state index is 0.0248. The number of amides is 1. The number of sulfonamides is 1. The molecule has 0 heterocycles. The first kappa shape index (κ1) is 22.1. The largest absolute Gasteiger partial charge is 0.495 e. The lowest BCUT2D eigenvalue weighted by atomic mass is 10.1. The van der Waals surface area contributed by atoms with Crippen molar-refractivity contribution in [2.75, 3.05) is 20.7 Å². The van der Waals surface area contributed by atoms with Gasteiger partial charge < -0.3 is 9.84 Å². The van der Waals surface area contributed by atoms with Crippen molar-refractivity contribution in [1.29, 1.82) is 0 Å². The molecule has 9 nitrogen and oxygen atoms in total. The van der Waals surface area contributed by atoms with Crippen molar-refractivity contribution in [3.8, 4) is 5.75 Å². The van der Waals surface area contributed by atoms with Crippen LogP contribution in [-0.2, 0) is 14.8 Å². The fraction of sp³-hybridized carbons (Fsp3) is 0.211. The van der Waals surface area contributed by atoms with Crippen LogP contribution in [0.5, 0.6) is 5.75 Å². The molecule has 0 radical (unpaired) electrons. The second-order valence-corrected chi connectivity index (χ2v) is 8.11. The Hall–Kier alpha value is -3.24. The maximum atomic E-state index is 12.8. The molecule has 0 saturated heterocycles. The number of nitrogens with one attached hydrogen (secondary N) is 1. The van der Waals surface area contributed by atoms with E-state index < -0.39 is 28.4 Å². The minimum atomic E-state index is -3.98. The van der Waals surface area contributed by atoms with Crippen LogP contribution >= 0.6 is 0 Å². The smallest absolute Gasteiger partial charge is 0.336 e. The normalized spacial score (nSPS) is 11.6. The minimum Gasteiger partial charge on any atom is -0.495 e. The summed E-state index contributed by atoms with van der Waals surface area (Å²) in [6, 6.07) is 10.9. The molecule has 0 spiro atoms. The predicted molar refractivity (Wildman–Crippen MR) is 107 cm³/mol. The molecule has 0 bridgehead atoms. The highest BCUT2D eigenvalue weighted by Gasteiger charge is 2.26. The molecule has 2 rings (SSSR count). The number of hydrazone groups is 1. The van der Waals surface area contributed by atoms with Crippen LogP contribution in [0.25, 0.3) is 0 Å². The van der Waals surface area contributed by atoms with Crippen molar-refractivity contribution in [1.82, 2.24) is 9.73 Å². The number of nitrogens with zero attached hydrogens (tertiary/aromatic N) is 2. The van der Waals surface area contributed by atoms with Crippen LogP contribution in [0.3, 0.4) is 0 Å². The lowest BCUT2D eigenvalue weighted by Crippen LogP contribution is -2.36. The third-order valence-corrected chi connectivity index (χ3v) is 5.78. The first-order valence-corrected chi connectivity index (χ1v) is 9.86. The molecule has 0 unspecified atom stereocenters. The van der Waals surface area contributed by atoms with Gasteiger partial charge in [-0.05, 0) is 30.7 Å². The molecule has 2 aromatic rings. The second kappa shape index (κ2) is 9.30. The van der Waals surface area contributed by atoms with Crippen molar-refractivity contribution in [3.05, 3.63) is 59.2 Å². The van der Waals surface area contributed by atoms with Gasteiger partial charge in [0.2, 0.25) is 10.0 Å². The quantitative estimate of drug-likeness (QED) is 0.493. The Morgan fingerprint density at radius 2 is 1.93 bits per heavy atom. The van der Waals surface area contributed by atoms with E-state index in [2.05, 4.69) is 10.5 Å². The lowest BCUT2D eigenvalue weighted by Gasteiger charge is -2.18. The van der Waals surface area contributed by atoms with Crippen LogP contribution in [0, 0.1) is 6.92 Å². The molecule has 0 atom stereocenters. The third-order valence-electron chi connectivity index (χ3n) is 3.96. The monoisotopic (exact) mass is 419 g/mol. The van der Waals surface area contributed by atoms with Crippen LogP contribution in [0.1, 0.15) is 21.5 Å². The van der Waals surface area contributed by atoms with Gasteiger partial charge in [-0.1, -0.05) is 24.3 Å². The molecule has 29 heavy (non-hydrogen) atoms. The third kappa shape index (κ3) is 5.39. The summed E-state index contributed by atoms with van der Waals surface area (Å²) >= 11 is 0. The van der Waals surface area contributed by atoms with E-state index in [4.69, 9.17) is 9.84 Å². The molecule has 2 aromatic carbocycles. The van der Waals surface area contributed by atoms with Crippen LogP contribution in [0.2, 0.25) is 0 Å². The number of hydrogen-bond donors (Lipinski definition) is 2. The molecule has 0 aromatic heterocycles. The fourth-order valence-corrected chi connectivity index (χ4v) is 3.82. The summed E-state index contributed by atoms with van der Waals surface area (Å²) in [6.07, 6.45) is 1.18. The van der Waals surface area contributed by atoms with Crippen molar-refractivity contribution >= 4 is 28.1 Å². The van der Waals surface area contributed by atoms with Gasteiger partial charge in [-0.25, -0.2) is 18.6 Å². The number of carbonyl (C=O) groups is 2. The van der Waals surface area contributed by atoms with Gasteiger partial charge in [-0.3, -0.25) is 4.79 Å². The molecule has 0 aliphatic heterocycles. The lowest BCUT2D eigenvalue weighted by molar-refractivity contribution is -0.121. The molecule has 0 saturated carbocycles. The van der Waals surface area contributed by atoms with Gasteiger partial charge in [0.05, 0.1) is 25.4 Å². The SMILES string of the molecule is COc1ccc(C)cc1S(=O)(=O)N(C)CC(=O)NN=Cc1ccccc1C(=O)O. The number of aromatic carboxylic acids is 1. The molecule has 10 heteroatoms. The van der Waals surface area contributed by atoms with Crippen molar-refractivity contribution in [2.45, 2.75) is 11.8 Å². The van der Waals surface area contributed by atoms with Gasteiger partial charge in [0.25, 0.3) is 5.91 Å². The average molecular weight is 419 g/mol. The zero-order chi connectivity index (χ0) is 21.6. The molecule has 0 fully saturated rings. The summed E-state index contributed by atoms with van der Waals surface area (Å²) in [4.78, 5) is 23.2. The van der Waals surface area contributed by atoms with Crippen molar-refractivity contribution < 1.29 is 27.9 Å². The standard InChI is InChI=1S/C19H21N3O6S/c1-13-8-9-16(28-3)17(10-13)29(26,27)22(2)12-18(23)21-20-11-14-6-4-5-7-15(14)19(24)25/h4-11H,12H2,1-3H3,(H,21,23)(H,24,25). The van der Waals surface area contributed by atoms with Crippen LogP contribution in [0.15, 0.2) is 52.5 Å². The Bertz CT molecular complexity index is 1050. The number of hydrogen-bond acceptors (Lipinski definition) is 6. The van der Waals surface area contributed by atoms with Crippen LogP contribution < -0.4 is 10.2 Å². The molecule has 0 aliphatic rings. The van der Waals surface area contributed by atoms with Gasteiger partial charge in [-0.15, -0.1) is 0 Å². The molecule has 2 N–H and O–H groups in total. The Kier molecular flexibility index (Phi) is 7.08. The first-order valence-electron chi connectivity index (χ1n) is 8.42. The zero-order valence-corrected chi connectivity index (χ0v) is 16.9. The van der Waals surface area contributed by atoms with E-state index >= 15 is 0 Å². The molecule has 154 valence electrons. The summed E-state index contributed by atoms with van der Waals surface area (Å²) in [6.45, 7) is 1.26. The summed E-state index contributed by atoms with van der Waals surface area (Å²) in [5.41, 5.74) is 3.24. The summed E-state index contributed by atoms with van der Waals surface area (Å²) in [5, 5.41) is 12.8. The maximum absolute atomic E-state index is 12.8. The Morgan fingerprint density at radius 1 is 1.24 bits per heavy atom.